The summed E-state index contributed by atoms with van der Waals surface area (Å²) in [5.74, 6) is -3.25. The maximum atomic E-state index is 14.0. The standard InChI is InChI=1S/C23H23Cl2F3O3/c1-20(2,14-5-9-16(24)10-6-14)13-22(31,23(26,27)28)19(30)18(29)21(3,4)15-7-11-17(25)12-8-15/h5-12,31H,13H2,1-4H3. The van der Waals surface area contributed by atoms with E-state index in [-0.39, 0.29) is 0 Å². The minimum absolute atomic E-state index is 0.303. The number of carbonyl (C=O) groups is 2. The van der Waals surface area contributed by atoms with Gasteiger partial charge in [0.05, 0.1) is 5.41 Å². The lowest BCUT2D eigenvalue weighted by atomic mass is 9.69. The van der Waals surface area contributed by atoms with E-state index < -0.39 is 40.6 Å². The van der Waals surface area contributed by atoms with Crippen LogP contribution in [0.1, 0.15) is 45.2 Å². The highest BCUT2D eigenvalue weighted by atomic mass is 35.5. The molecule has 2 aromatic carbocycles. The van der Waals surface area contributed by atoms with Crippen molar-refractivity contribution in [3.05, 3.63) is 69.7 Å². The number of hydrogen-bond acceptors (Lipinski definition) is 3. The monoisotopic (exact) mass is 474 g/mol. The molecule has 0 aliphatic heterocycles. The SMILES string of the molecule is CC(C)(CC(O)(C(=O)C(=O)C(C)(C)c1ccc(Cl)cc1)C(F)(F)F)c1ccc(Cl)cc1. The number of Topliss-reactive ketones (excluding diaryl/α,β-unsaturated/α-hetero) is 2. The molecule has 0 aromatic heterocycles. The Bertz CT molecular complexity index is 965. The molecular formula is C23H23Cl2F3O3. The highest BCUT2D eigenvalue weighted by Gasteiger charge is 2.63. The van der Waals surface area contributed by atoms with Crippen LogP contribution < -0.4 is 0 Å². The number of ketones is 2. The van der Waals surface area contributed by atoms with Gasteiger partial charge in [0.25, 0.3) is 0 Å². The molecular weight excluding hydrogens is 452 g/mol. The summed E-state index contributed by atoms with van der Waals surface area (Å²) in [6, 6.07) is 11.9. The molecule has 1 N–H and O–H groups in total. The van der Waals surface area contributed by atoms with E-state index in [0.717, 1.165) is 0 Å². The van der Waals surface area contributed by atoms with E-state index in [1.807, 2.05) is 0 Å². The van der Waals surface area contributed by atoms with E-state index in [1.165, 1.54) is 76.2 Å². The number of halogens is 5. The molecule has 2 rings (SSSR count). The van der Waals surface area contributed by atoms with Crippen molar-refractivity contribution < 1.29 is 27.9 Å². The van der Waals surface area contributed by atoms with Gasteiger partial charge < -0.3 is 5.11 Å². The Morgan fingerprint density at radius 1 is 0.774 bits per heavy atom. The second-order valence-electron chi connectivity index (χ2n) is 8.72. The third-order valence-corrected chi connectivity index (χ3v) is 6.01. The van der Waals surface area contributed by atoms with Crippen molar-refractivity contribution in [2.45, 2.75) is 56.7 Å². The number of carbonyl (C=O) groups excluding carboxylic acids is 2. The Morgan fingerprint density at radius 3 is 1.55 bits per heavy atom. The molecule has 1 atom stereocenters. The minimum atomic E-state index is -5.36. The number of alkyl halides is 3. The Morgan fingerprint density at radius 2 is 1.16 bits per heavy atom. The van der Waals surface area contributed by atoms with Crippen molar-refractivity contribution in [1.29, 1.82) is 0 Å². The molecule has 0 aliphatic carbocycles. The first-order chi connectivity index (χ1) is 14.0. The molecule has 0 saturated heterocycles. The van der Waals surface area contributed by atoms with E-state index in [0.29, 0.717) is 21.2 Å². The highest BCUT2D eigenvalue weighted by molar-refractivity contribution is 6.43. The van der Waals surface area contributed by atoms with Gasteiger partial charge in [-0.1, -0.05) is 61.3 Å². The van der Waals surface area contributed by atoms with Gasteiger partial charge in [0, 0.05) is 16.5 Å². The fourth-order valence-electron chi connectivity index (χ4n) is 3.42. The van der Waals surface area contributed by atoms with Crippen molar-refractivity contribution in [2.24, 2.45) is 0 Å². The van der Waals surface area contributed by atoms with Crippen molar-refractivity contribution in [3.8, 4) is 0 Å². The molecule has 0 fully saturated rings. The van der Waals surface area contributed by atoms with Crippen molar-refractivity contribution in [1.82, 2.24) is 0 Å². The van der Waals surface area contributed by atoms with Gasteiger partial charge in [-0.05, 0) is 54.7 Å². The van der Waals surface area contributed by atoms with Gasteiger partial charge in [0.15, 0.2) is 0 Å². The van der Waals surface area contributed by atoms with Crippen LogP contribution in [0.15, 0.2) is 48.5 Å². The van der Waals surface area contributed by atoms with Gasteiger partial charge in [-0.2, -0.15) is 13.2 Å². The highest BCUT2D eigenvalue weighted by Crippen LogP contribution is 2.43. The lowest BCUT2D eigenvalue weighted by molar-refractivity contribution is -0.255. The lowest BCUT2D eigenvalue weighted by Crippen LogP contribution is -2.59. The first-order valence-corrected chi connectivity index (χ1v) is 10.2. The summed E-state index contributed by atoms with van der Waals surface area (Å²) in [5, 5.41) is 11.4. The van der Waals surface area contributed by atoms with Crippen molar-refractivity contribution in [2.75, 3.05) is 0 Å². The predicted molar refractivity (Wildman–Crippen MR) is 115 cm³/mol. The van der Waals surface area contributed by atoms with Gasteiger partial charge in [-0.15, -0.1) is 0 Å². The zero-order valence-corrected chi connectivity index (χ0v) is 19.0. The molecule has 0 heterocycles. The number of aliphatic hydroxyl groups is 1. The first kappa shape index (κ1) is 25.4. The average molecular weight is 475 g/mol. The summed E-state index contributed by atoms with van der Waals surface area (Å²) in [6.07, 6.45) is -6.40. The zero-order chi connectivity index (χ0) is 23.8. The maximum absolute atomic E-state index is 14.0. The molecule has 0 radical (unpaired) electrons. The van der Waals surface area contributed by atoms with Gasteiger partial charge in [-0.3, -0.25) is 9.59 Å². The third kappa shape index (κ3) is 5.13. The fraction of sp³-hybridized carbons (Fsp3) is 0.391. The van der Waals surface area contributed by atoms with E-state index in [2.05, 4.69) is 0 Å². The molecule has 2 aromatic rings. The summed E-state index contributed by atoms with van der Waals surface area (Å²) < 4.78 is 42.0. The molecule has 31 heavy (non-hydrogen) atoms. The Kier molecular flexibility index (Phi) is 7.01. The lowest BCUT2D eigenvalue weighted by Gasteiger charge is -2.37. The van der Waals surface area contributed by atoms with Crippen LogP contribution >= 0.6 is 23.2 Å². The van der Waals surface area contributed by atoms with E-state index in [9.17, 15) is 27.9 Å². The Labute approximate surface area is 189 Å². The predicted octanol–water partition coefficient (Wildman–Crippen LogP) is 6.07. The van der Waals surface area contributed by atoms with E-state index >= 15 is 0 Å². The second kappa shape index (κ2) is 8.57. The van der Waals surface area contributed by atoms with Crippen LogP contribution in [-0.4, -0.2) is 28.5 Å². The molecule has 0 bridgehead atoms. The topological polar surface area (TPSA) is 54.4 Å². The van der Waals surface area contributed by atoms with Gasteiger partial charge in [-0.25, -0.2) is 0 Å². The summed E-state index contributed by atoms with van der Waals surface area (Å²) in [7, 11) is 0. The van der Waals surface area contributed by atoms with Crippen molar-refractivity contribution in [3.63, 3.8) is 0 Å². The maximum Gasteiger partial charge on any atom is 0.424 e. The average Bonchev–Trinajstić information content (AvgIpc) is 2.66. The Balaban J connectivity index is 2.46. The first-order valence-electron chi connectivity index (χ1n) is 9.43. The van der Waals surface area contributed by atoms with Crippen LogP contribution in [0, 0.1) is 0 Å². The molecule has 0 aliphatic rings. The van der Waals surface area contributed by atoms with Crippen LogP contribution in [0.3, 0.4) is 0 Å². The molecule has 8 heteroatoms. The van der Waals surface area contributed by atoms with Crippen LogP contribution in [0.2, 0.25) is 10.0 Å². The third-order valence-electron chi connectivity index (χ3n) is 5.51. The zero-order valence-electron chi connectivity index (χ0n) is 17.5. The normalized spacial score (nSPS) is 14.8. The van der Waals surface area contributed by atoms with Crippen molar-refractivity contribution >= 4 is 34.8 Å². The number of benzene rings is 2. The molecule has 3 nitrogen and oxygen atoms in total. The number of rotatable bonds is 7. The van der Waals surface area contributed by atoms with Crippen LogP contribution in [0.5, 0.6) is 0 Å². The van der Waals surface area contributed by atoms with Crippen LogP contribution in [0.4, 0.5) is 13.2 Å². The fourth-order valence-corrected chi connectivity index (χ4v) is 3.67. The van der Waals surface area contributed by atoms with E-state index in [1.54, 1.807) is 0 Å². The summed E-state index contributed by atoms with van der Waals surface area (Å²) in [4.78, 5) is 25.8. The minimum Gasteiger partial charge on any atom is -0.374 e. The quantitative estimate of drug-likeness (QED) is 0.495. The molecule has 0 saturated carbocycles. The van der Waals surface area contributed by atoms with Crippen LogP contribution in [-0.2, 0) is 20.4 Å². The molecule has 168 valence electrons. The molecule has 0 spiro atoms. The Hall–Kier alpha value is -1.89. The van der Waals surface area contributed by atoms with E-state index in [4.69, 9.17) is 23.2 Å². The summed E-state index contributed by atoms with van der Waals surface area (Å²) >= 11 is 11.7. The van der Waals surface area contributed by atoms with Gasteiger partial charge >= 0.3 is 6.18 Å². The molecule has 1 unspecified atom stereocenters. The number of hydrogen-bond donors (Lipinski definition) is 1. The smallest absolute Gasteiger partial charge is 0.374 e. The van der Waals surface area contributed by atoms with Gasteiger partial charge in [0.1, 0.15) is 0 Å². The summed E-state index contributed by atoms with van der Waals surface area (Å²) in [5.41, 5.74) is -6.04. The molecule has 0 amide bonds. The van der Waals surface area contributed by atoms with Crippen LogP contribution in [0.25, 0.3) is 0 Å². The largest absolute Gasteiger partial charge is 0.424 e. The second-order valence-corrected chi connectivity index (χ2v) is 9.59. The summed E-state index contributed by atoms with van der Waals surface area (Å²) in [6.45, 7) is 5.57. The van der Waals surface area contributed by atoms with Gasteiger partial charge in [0.2, 0.25) is 17.2 Å².